The van der Waals surface area contributed by atoms with E-state index in [-0.39, 0.29) is 0 Å². The molecule has 0 aromatic heterocycles. The molecule has 0 fully saturated rings. The summed E-state index contributed by atoms with van der Waals surface area (Å²) < 4.78 is 1.27. The van der Waals surface area contributed by atoms with Crippen LogP contribution in [0.3, 0.4) is 0 Å². The molecule has 0 bridgehead atoms. The van der Waals surface area contributed by atoms with Crippen molar-refractivity contribution in [2.45, 2.75) is 12.6 Å². The molecule has 0 atom stereocenters. The van der Waals surface area contributed by atoms with Crippen molar-refractivity contribution >= 4 is 18.5 Å². The Morgan fingerprint density at radius 1 is 1.83 bits per heavy atom. The van der Waals surface area contributed by atoms with Crippen LogP contribution in [0, 0.1) is 0 Å². The van der Waals surface area contributed by atoms with Crippen LogP contribution in [0.15, 0.2) is 0 Å². The third kappa shape index (κ3) is 0.983. The van der Waals surface area contributed by atoms with E-state index in [2.05, 4.69) is 22.7 Å². The van der Waals surface area contributed by atoms with Gasteiger partial charge in [0.15, 0.2) is 0 Å². The van der Waals surface area contributed by atoms with Crippen molar-refractivity contribution in [2.75, 3.05) is 0 Å². The van der Waals surface area contributed by atoms with Gasteiger partial charge in [-0.3, -0.25) is 0 Å². The first-order chi connectivity index (χ1) is 2.89. The molecular formula is C3H5B2Co. The predicted molar refractivity (Wildman–Crippen MR) is 27.5 cm³/mol. The first-order valence-corrected chi connectivity index (χ1v) is 2.74. The molecule has 0 N–H and O–H groups in total. The van der Waals surface area contributed by atoms with E-state index in [1.165, 1.54) is 24.2 Å². The van der Waals surface area contributed by atoms with Gasteiger partial charge in [-0.15, -0.1) is 0 Å². The average molecular weight is 122 g/mol. The van der Waals surface area contributed by atoms with E-state index in [4.69, 9.17) is 0 Å². The molecule has 0 saturated carbocycles. The van der Waals surface area contributed by atoms with Crippen molar-refractivity contribution in [3.63, 3.8) is 0 Å². The van der Waals surface area contributed by atoms with Gasteiger partial charge < -0.3 is 0 Å². The summed E-state index contributed by atoms with van der Waals surface area (Å²) >= 11 is 4.20. The van der Waals surface area contributed by atoms with Crippen LogP contribution >= 0.6 is 0 Å². The third-order valence-electron chi connectivity index (χ3n) is 0.965. The van der Waals surface area contributed by atoms with Gasteiger partial charge in [-0.25, -0.2) is 0 Å². The summed E-state index contributed by atoms with van der Waals surface area (Å²) in [6.07, 6.45) is 2.56. The zero-order valence-electron chi connectivity index (χ0n) is 3.53. The molecule has 6 heavy (non-hydrogen) atoms. The monoisotopic (exact) mass is 122 g/mol. The first kappa shape index (κ1) is 4.66. The average Bonchev–Trinajstić information content (AvgIpc) is 1.86. The summed E-state index contributed by atoms with van der Waals surface area (Å²) in [5, 5.41) is 0. The summed E-state index contributed by atoms with van der Waals surface area (Å²) in [5.41, 5.74) is 0. The Kier molecular flexibility index (Phi) is 1.54. The van der Waals surface area contributed by atoms with Crippen LogP contribution in [-0.4, -0.2) is 18.5 Å². The predicted octanol–water partition coefficient (Wildman–Crippen LogP) is -0.389. The van der Waals surface area contributed by atoms with E-state index < -0.39 is 0 Å². The van der Waals surface area contributed by atoms with Crippen LogP contribution in [-0.2, 0) is 15.7 Å². The van der Waals surface area contributed by atoms with Gasteiger partial charge in [-0.1, -0.05) is 0 Å². The SMILES string of the molecule is [Co][C]1=BCCB1. The molecule has 0 radical (unpaired) electrons. The molecule has 1 rings (SSSR count). The molecule has 32 valence electrons. The summed E-state index contributed by atoms with van der Waals surface area (Å²) in [7, 11) is 1.21. The van der Waals surface area contributed by atoms with E-state index in [0.29, 0.717) is 0 Å². The normalized spacial score (nSPS) is 18.7. The molecular weight excluding hydrogens is 117 g/mol. The van der Waals surface area contributed by atoms with Gasteiger partial charge in [0.25, 0.3) is 0 Å². The quantitative estimate of drug-likeness (QED) is 0.383. The Labute approximate surface area is 47.4 Å². The van der Waals surface area contributed by atoms with Crippen molar-refractivity contribution < 1.29 is 15.7 Å². The van der Waals surface area contributed by atoms with Crippen molar-refractivity contribution in [3.8, 4) is 0 Å². The fourth-order valence-corrected chi connectivity index (χ4v) is 0.952. The van der Waals surface area contributed by atoms with Crippen LogP contribution in [0.2, 0.25) is 12.6 Å². The van der Waals surface area contributed by atoms with Gasteiger partial charge in [-0.2, -0.15) is 0 Å². The molecule has 0 saturated heterocycles. The molecule has 0 amide bonds. The second kappa shape index (κ2) is 1.98. The molecule has 0 spiro atoms. The van der Waals surface area contributed by atoms with Crippen LogP contribution in [0.4, 0.5) is 0 Å². The van der Waals surface area contributed by atoms with Gasteiger partial charge in [0.1, 0.15) is 0 Å². The van der Waals surface area contributed by atoms with Gasteiger partial charge in [0.2, 0.25) is 0 Å². The molecule has 0 aliphatic carbocycles. The van der Waals surface area contributed by atoms with Gasteiger partial charge >= 0.3 is 46.9 Å². The van der Waals surface area contributed by atoms with Gasteiger partial charge in [-0.05, 0) is 0 Å². The minimum absolute atomic E-state index is 1.21. The Morgan fingerprint density at radius 3 is 2.83 bits per heavy atom. The number of hydrogen-bond donors (Lipinski definition) is 0. The van der Waals surface area contributed by atoms with Crippen LogP contribution in [0.25, 0.3) is 0 Å². The van der Waals surface area contributed by atoms with Gasteiger partial charge in [0.05, 0.1) is 0 Å². The molecule has 0 unspecified atom stereocenters. The van der Waals surface area contributed by atoms with Gasteiger partial charge in [0, 0.05) is 0 Å². The Bertz CT molecular complexity index is 78.9. The van der Waals surface area contributed by atoms with Crippen molar-refractivity contribution in [3.05, 3.63) is 0 Å². The molecule has 0 aromatic rings. The standard InChI is InChI=1S/C3H5B2.Co/c1-2-5-3-4-1;/h4H,1-2H2;. The Hall–Kier alpha value is 0.506. The second-order valence-corrected chi connectivity index (χ2v) is 2.18. The zero-order chi connectivity index (χ0) is 4.41. The summed E-state index contributed by atoms with van der Waals surface area (Å²) in [6.45, 7) is 2.18. The topological polar surface area (TPSA) is 0 Å². The molecule has 1 aliphatic heterocycles. The maximum atomic E-state index is 4.20. The van der Waals surface area contributed by atoms with Crippen molar-refractivity contribution in [2.24, 2.45) is 0 Å². The third-order valence-corrected chi connectivity index (χ3v) is 1.44. The summed E-state index contributed by atoms with van der Waals surface area (Å²) in [5.74, 6) is 0. The Morgan fingerprint density at radius 2 is 2.67 bits per heavy atom. The van der Waals surface area contributed by atoms with E-state index in [1.54, 1.807) is 0 Å². The number of rotatable bonds is 0. The van der Waals surface area contributed by atoms with E-state index in [0.717, 1.165) is 0 Å². The second-order valence-electron chi connectivity index (χ2n) is 1.51. The Balaban J connectivity index is 2.45. The molecule has 0 aromatic carbocycles. The molecule has 0 nitrogen and oxygen atoms in total. The molecule has 3 heteroatoms. The van der Waals surface area contributed by atoms with Crippen molar-refractivity contribution in [1.29, 1.82) is 0 Å². The van der Waals surface area contributed by atoms with Crippen molar-refractivity contribution in [1.82, 2.24) is 0 Å². The van der Waals surface area contributed by atoms with E-state index >= 15 is 0 Å². The van der Waals surface area contributed by atoms with E-state index in [9.17, 15) is 0 Å². The van der Waals surface area contributed by atoms with Crippen LogP contribution < -0.4 is 0 Å². The fourth-order valence-electron chi connectivity index (χ4n) is 0.617. The number of hydrogen-bond acceptors (Lipinski definition) is 0. The first-order valence-electron chi connectivity index (χ1n) is 2.22. The summed E-state index contributed by atoms with van der Waals surface area (Å²) in [4.78, 5) is 0. The molecule has 1 aliphatic rings. The van der Waals surface area contributed by atoms with E-state index in [1.807, 2.05) is 0 Å². The van der Waals surface area contributed by atoms with Crippen LogP contribution in [0.1, 0.15) is 0 Å². The maximum absolute atomic E-state index is 4.20. The fraction of sp³-hybridized carbons (Fsp3) is 0.667. The minimum atomic E-state index is 1.21. The molecule has 1 heterocycles. The van der Waals surface area contributed by atoms with Crippen LogP contribution in [0.5, 0.6) is 0 Å². The summed E-state index contributed by atoms with van der Waals surface area (Å²) in [6, 6.07) is 0. The zero-order valence-corrected chi connectivity index (χ0v) is 4.57.